The Morgan fingerprint density at radius 2 is 1.92 bits per heavy atom. The smallest absolute Gasteiger partial charge is 0.410 e. The fraction of sp³-hybridized carbons (Fsp3) is 0.556. The number of hydrazine groups is 1. The standard InChI is InChI=1S/C18H25ClN4O3/c1-12-5-6-13(11-14(12)19)23-15(24)20-18(21-23)7-9-22(10-8-18)16(25)26-17(2,3)4/h5-6,11,21H,7-10H2,1-4H3,(H,20,24). The molecule has 7 nitrogen and oxygen atoms in total. The fourth-order valence-corrected chi connectivity index (χ4v) is 3.27. The van der Waals surface area contributed by atoms with Crippen molar-refractivity contribution in [3.05, 3.63) is 28.8 Å². The largest absolute Gasteiger partial charge is 0.444 e. The van der Waals surface area contributed by atoms with Crippen LogP contribution >= 0.6 is 11.6 Å². The minimum atomic E-state index is -0.563. The summed E-state index contributed by atoms with van der Waals surface area (Å²) in [6.45, 7) is 8.46. The van der Waals surface area contributed by atoms with Crippen molar-refractivity contribution in [2.75, 3.05) is 18.1 Å². The minimum absolute atomic E-state index is 0.226. The predicted octanol–water partition coefficient (Wildman–Crippen LogP) is 3.41. The number of anilines is 1. The third kappa shape index (κ3) is 3.88. The SMILES string of the molecule is Cc1ccc(N2NC3(CCN(C(=O)OC(C)(C)C)CC3)NC2=O)cc1Cl. The summed E-state index contributed by atoms with van der Waals surface area (Å²) >= 11 is 6.18. The van der Waals surface area contributed by atoms with Gasteiger partial charge in [-0.2, -0.15) is 0 Å². The minimum Gasteiger partial charge on any atom is -0.444 e. The number of amides is 3. The number of ether oxygens (including phenoxy) is 1. The second-order valence-electron chi connectivity index (χ2n) is 7.86. The maximum Gasteiger partial charge on any atom is 0.410 e. The Morgan fingerprint density at radius 1 is 1.27 bits per heavy atom. The zero-order chi connectivity index (χ0) is 19.1. The normalized spacial score (nSPS) is 19.7. The predicted molar refractivity (Wildman–Crippen MR) is 100 cm³/mol. The zero-order valence-electron chi connectivity index (χ0n) is 15.6. The number of carbonyl (C=O) groups excluding carboxylic acids is 2. The molecule has 0 aliphatic carbocycles. The Kier molecular flexibility index (Phi) is 4.79. The van der Waals surface area contributed by atoms with Gasteiger partial charge in [-0.05, 0) is 45.4 Å². The number of halogens is 1. The molecule has 0 bridgehead atoms. The molecule has 2 fully saturated rings. The van der Waals surface area contributed by atoms with Crippen LogP contribution in [-0.2, 0) is 4.74 Å². The van der Waals surface area contributed by atoms with Gasteiger partial charge in [-0.3, -0.25) is 0 Å². The highest BCUT2D eigenvalue weighted by Gasteiger charge is 2.45. The first-order valence-corrected chi connectivity index (χ1v) is 9.11. The van der Waals surface area contributed by atoms with Crippen molar-refractivity contribution in [2.45, 2.75) is 51.8 Å². The molecule has 1 aromatic carbocycles. The van der Waals surface area contributed by atoms with Crippen LogP contribution in [0.15, 0.2) is 18.2 Å². The molecule has 2 saturated heterocycles. The highest BCUT2D eigenvalue weighted by atomic mass is 35.5. The van der Waals surface area contributed by atoms with Gasteiger partial charge in [0.05, 0.1) is 5.69 Å². The van der Waals surface area contributed by atoms with Gasteiger partial charge in [0.2, 0.25) is 0 Å². The van der Waals surface area contributed by atoms with Gasteiger partial charge in [-0.15, -0.1) is 0 Å². The zero-order valence-corrected chi connectivity index (χ0v) is 16.3. The molecule has 0 saturated carbocycles. The molecule has 142 valence electrons. The number of rotatable bonds is 1. The van der Waals surface area contributed by atoms with Gasteiger partial charge in [0.25, 0.3) is 0 Å². The number of hydrogen-bond donors (Lipinski definition) is 2. The van der Waals surface area contributed by atoms with Crippen LogP contribution in [0.2, 0.25) is 5.02 Å². The van der Waals surface area contributed by atoms with Crippen molar-refractivity contribution < 1.29 is 14.3 Å². The van der Waals surface area contributed by atoms with Crippen molar-refractivity contribution in [2.24, 2.45) is 0 Å². The quantitative estimate of drug-likeness (QED) is 0.783. The number of benzene rings is 1. The first-order chi connectivity index (χ1) is 12.1. The Bertz CT molecular complexity index is 724. The number of piperidine rings is 1. The average Bonchev–Trinajstić information content (AvgIpc) is 2.85. The molecule has 1 spiro atoms. The van der Waals surface area contributed by atoms with E-state index < -0.39 is 11.3 Å². The molecule has 3 rings (SSSR count). The van der Waals surface area contributed by atoms with Gasteiger partial charge >= 0.3 is 12.1 Å². The molecule has 8 heteroatoms. The molecule has 26 heavy (non-hydrogen) atoms. The summed E-state index contributed by atoms with van der Waals surface area (Å²) in [5.41, 5.74) is 3.82. The van der Waals surface area contributed by atoms with Gasteiger partial charge in [-0.1, -0.05) is 17.7 Å². The molecule has 2 aliphatic heterocycles. The molecule has 1 aromatic rings. The van der Waals surface area contributed by atoms with E-state index in [0.717, 1.165) is 5.56 Å². The topological polar surface area (TPSA) is 73.9 Å². The fourth-order valence-electron chi connectivity index (χ4n) is 3.09. The molecule has 0 radical (unpaired) electrons. The molecule has 0 unspecified atom stereocenters. The van der Waals surface area contributed by atoms with E-state index in [1.807, 2.05) is 39.8 Å². The number of nitrogens with one attached hydrogen (secondary N) is 2. The van der Waals surface area contributed by atoms with E-state index in [4.69, 9.17) is 16.3 Å². The van der Waals surface area contributed by atoms with Crippen LogP contribution in [-0.4, -0.2) is 41.4 Å². The number of aryl methyl sites for hydroxylation is 1. The van der Waals surface area contributed by atoms with Crippen molar-refractivity contribution in [3.63, 3.8) is 0 Å². The Balaban J connectivity index is 1.65. The molecule has 3 amide bonds. The van der Waals surface area contributed by atoms with Crippen molar-refractivity contribution in [1.29, 1.82) is 0 Å². The molecule has 2 aliphatic rings. The summed E-state index contributed by atoms with van der Waals surface area (Å²) < 4.78 is 5.42. The Morgan fingerprint density at radius 3 is 2.50 bits per heavy atom. The summed E-state index contributed by atoms with van der Waals surface area (Å²) in [7, 11) is 0. The molecule has 0 atom stereocenters. The van der Waals surface area contributed by atoms with Gasteiger partial charge < -0.3 is 15.0 Å². The summed E-state index contributed by atoms with van der Waals surface area (Å²) in [4.78, 5) is 26.3. The van der Waals surface area contributed by atoms with Crippen molar-refractivity contribution >= 4 is 29.4 Å². The van der Waals surface area contributed by atoms with E-state index >= 15 is 0 Å². The number of nitrogens with zero attached hydrogens (tertiary/aromatic N) is 2. The number of carbonyl (C=O) groups is 2. The molecule has 2 heterocycles. The summed E-state index contributed by atoms with van der Waals surface area (Å²) in [6, 6.07) is 5.26. The lowest BCUT2D eigenvalue weighted by molar-refractivity contribution is 0.0147. The Labute approximate surface area is 158 Å². The van der Waals surface area contributed by atoms with Crippen LogP contribution in [0.4, 0.5) is 15.3 Å². The Hall–Kier alpha value is -1.99. The van der Waals surface area contributed by atoms with Crippen LogP contribution in [0, 0.1) is 6.92 Å². The average molecular weight is 381 g/mol. The van der Waals surface area contributed by atoms with Crippen LogP contribution in [0.1, 0.15) is 39.2 Å². The van der Waals surface area contributed by atoms with E-state index in [1.165, 1.54) is 5.01 Å². The number of hydrogen-bond acceptors (Lipinski definition) is 4. The maximum absolute atomic E-state index is 12.5. The first-order valence-electron chi connectivity index (χ1n) is 8.73. The number of urea groups is 1. The second-order valence-corrected chi connectivity index (χ2v) is 8.27. The van der Waals surface area contributed by atoms with E-state index in [0.29, 0.717) is 36.6 Å². The van der Waals surface area contributed by atoms with E-state index in [2.05, 4.69) is 10.7 Å². The van der Waals surface area contributed by atoms with Gasteiger partial charge in [0, 0.05) is 31.0 Å². The molecule has 2 N–H and O–H groups in total. The molecular weight excluding hydrogens is 356 g/mol. The monoisotopic (exact) mass is 380 g/mol. The lowest BCUT2D eigenvalue weighted by atomic mass is 9.98. The molecule has 0 aromatic heterocycles. The first kappa shape index (κ1) is 18.8. The summed E-state index contributed by atoms with van der Waals surface area (Å²) in [6.07, 6.45) is 0.862. The third-order valence-corrected chi connectivity index (χ3v) is 4.96. The highest BCUT2D eigenvalue weighted by molar-refractivity contribution is 6.31. The van der Waals surface area contributed by atoms with Crippen LogP contribution in [0.5, 0.6) is 0 Å². The summed E-state index contributed by atoms with van der Waals surface area (Å²) in [5.74, 6) is 0. The third-order valence-electron chi connectivity index (χ3n) is 4.56. The van der Waals surface area contributed by atoms with Crippen LogP contribution in [0.3, 0.4) is 0 Å². The van der Waals surface area contributed by atoms with Gasteiger partial charge in [0.15, 0.2) is 0 Å². The van der Waals surface area contributed by atoms with E-state index in [1.54, 1.807) is 11.0 Å². The lowest BCUT2D eigenvalue weighted by Crippen LogP contribution is -2.59. The van der Waals surface area contributed by atoms with Crippen LogP contribution < -0.4 is 15.8 Å². The van der Waals surface area contributed by atoms with E-state index in [-0.39, 0.29) is 12.1 Å². The molecular formula is C18H25ClN4O3. The lowest BCUT2D eigenvalue weighted by Gasteiger charge is -2.39. The summed E-state index contributed by atoms with van der Waals surface area (Å²) in [5, 5.41) is 5.10. The van der Waals surface area contributed by atoms with Crippen molar-refractivity contribution in [3.8, 4) is 0 Å². The van der Waals surface area contributed by atoms with Gasteiger partial charge in [-0.25, -0.2) is 20.0 Å². The number of likely N-dealkylation sites (tertiary alicyclic amines) is 1. The van der Waals surface area contributed by atoms with Gasteiger partial charge in [0.1, 0.15) is 11.3 Å². The second kappa shape index (κ2) is 6.63. The van der Waals surface area contributed by atoms with Crippen LogP contribution in [0.25, 0.3) is 0 Å². The van der Waals surface area contributed by atoms with E-state index in [9.17, 15) is 9.59 Å². The maximum atomic E-state index is 12.5. The van der Waals surface area contributed by atoms with Crippen molar-refractivity contribution in [1.82, 2.24) is 15.6 Å². The highest BCUT2D eigenvalue weighted by Crippen LogP contribution is 2.30.